The van der Waals surface area contributed by atoms with Gasteiger partial charge in [-0.1, -0.05) is 0 Å². The minimum absolute atomic E-state index is 0.0148. The molecule has 0 spiro atoms. The third kappa shape index (κ3) is 5.39. The molecule has 2 aliphatic rings. The molecule has 0 N–H and O–H groups in total. The minimum atomic E-state index is 0.0148. The van der Waals surface area contributed by atoms with E-state index in [1.165, 1.54) is 97.4 Å². The van der Waals surface area contributed by atoms with Crippen molar-refractivity contribution in [1.29, 1.82) is 0 Å². The standard InChI is InChI=1S/C49H50BN2Se/c1-29-15-16-30(22-35(29)40-14-12-13-21-51(40)11)31-23-42-45-44(24-31)53-43-20-18-33(48(5,6)7)27-38(43)50(45)39-28-34(49(8,9)10)26-37-36-25-32(47(2,3)4)17-19-41(36)52(42)46(37)39/h12-28H,1-11H3/q+1. The normalized spacial score (nSPS) is 13.8. The molecule has 264 valence electrons. The van der Waals surface area contributed by atoms with Crippen molar-refractivity contribution in [3.8, 4) is 28.1 Å². The van der Waals surface area contributed by atoms with Crippen LogP contribution in [0.3, 0.4) is 0 Å². The summed E-state index contributed by atoms with van der Waals surface area (Å²) in [6, 6.07) is 38.4. The van der Waals surface area contributed by atoms with Gasteiger partial charge in [0.05, 0.1) is 0 Å². The van der Waals surface area contributed by atoms with Crippen LogP contribution in [0.4, 0.5) is 0 Å². The Kier molecular flexibility index (Phi) is 7.51. The number of rotatable bonds is 2. The second-order valence-corrected chi connectivity index (χ2v) is 21.0. The molecule has 0 atom stereocenters. The number of hydrogen-bond donors (Lipinski definition) is 0. The van der Waals surface area contributed by atoms with Crippen molar-refractivity contribution in [3.63, 3.8) is 0 Å². The number of aromatic nitrogens is 2. The summed E-state index contributed by atoms with van der Waals surface area (Å²) in [4.78, 5) is 0. The van der Waals surface area contributed by atoms with Crippen molar-refractivity contribution in [2.75, 3.05) is 0 Å². The van der Waals surface area contributed by atoms with Crippen LogP contribution >= 0.6 is 0 Å². The molecule has 9 rings (SSSR count). The zero-order chi connectivity index (χ0) is 37.4. The van der Waals surface area contributed by atoms with Crippen LogP contribution in [0.25, 0.3) is 49.9 Å². The molecule has 7 aromatic rings. The molecule has 0 radical (unpaired) electrons. The number of fused-ring (bicyclic) bond motifs is 7. The predicted octanol–water partition coefficient (Wildman–Crippen LogP) is 7.94. The van der Waals surface area contributed by atoms with Crippen LogP contribution in [0.5, 0.6) is 0 Å². The van der Waals surface area contributed by atoms with Gasteiger partial charge in [-0.3, -0.25) is 0 Å². The third-order valence-electron chi connectivity index (χ3n) is 11.9. The van der Waals surface area contributed by atoms with Crippen molar-refractivity contribution < 1.29 is 4.57 Å². The summed E-state index contributed by atoms with van der Waals surface area (Å²) in [7, 11) is 2.14. The molecule has 0 amide bonds. The first-order valence-corrected chi connectivity index (χ1v) is 20.9. The Morgan fingerprint density at radius 3 is 2.00 bits per heavy atom. The van der Waals surface area contributed by atoms with Crippen molar-refractivity contribution in [2.24, 2.45) is 7.05 Å². The summed E-state index contributed by atoms with van der Waals surface area (Å²) in [5.41, 5.74) is 19.2. The van der Waals surface area contributed by atoms with Crippen LogP contribution in [0.15, 0.2) is 103 Å². The second kappa shape index (κ2) is 11.6. The van der Waals surface area contributed by atoms with Gasteiger partial charge in [-0.2, -0.15) is 0 Å². The molecule has 0 bridgehead atoms. The maximum absolute atomic E-state index is 2.65. The van der Waals surface area contributed by atoms with Gasteiger partial charge in [0.1, 0.15) is 0 Å². The van der Waals surface area contributed by atoms with E-state index in [1.54, 1.807) is 0 Å². The fraction of sp³-hybridized carbons (Fsp3) is 0.286. The molecule has 2 aliphatic heterocycles. The van der Waals surface area contributed by atoms with Crippen LogP contribution in [0.2, 0.25) is 0 Å². The van der Waals surface area contributed by atoms with Crippen LogP contribution in [-0.4, -0.2) is 26.2 Å². The van der Waals surface area contributed by atoms with E-state index in [9.17, 15) is 0 Å². The summed E-state index contributed by atoms with van der Waals surface area (Å²) < 4.78 is 7.90. The van der Waals surface area contributed by atoms with Crippen molar-refractivity contribution in [3.05, 3.63) is 126 Å². The molecular formula is C49H50BN2Se+. The Morgan fingerprint density at radius 1 is 0.604 bits per heavy atom. The van der Waals surface area contributed by atoms with E-state index in [2.05, 4.69) is 189 Å². The number of aryl methyl sites for hydroxylation is 2. The molecule has 4 heterocycles. The average Bonchev–Trinajstić information content (AvgIpc) is 3.43. The topological polar surface area (TPSA) is 8.81 Å². The van der Waals surface area contributed by atoms with E-state index in [0.717, 1.165) is 0 Å². The second-order valence-electron chi connectivity index (χ2n) is 18.7. The molecule has 2 nitrogen and oxygen atoms in total. The average molecular weight is 757 g/mol. The van der Waals surface area contributed by atoms with Gasteiger partial charge >= 0.3 is 324 Å². The fourth-order valence-electron chi connectivity index (χ4n) is 8.70. The van der Waals surface area contributed by atoms with Gasteiger partial charge in [-0.25, -0.2) is 0 Å². The van der Waals surface area contributed by atoms with Crippen molar-refractivity contribution >= 4 is 68.8 Å². The molecule has 0 saturated carbocycles. The monoisotopic (exact) mass is 757 g/mol. The molecule has 0 aliphatic carbocycles. The number of pyridine rings is 1. The molecule has 0 saturated heterocycles. The molecular weight excluding hydrogens is 706 g/mol. The van der Waals surface area contributed by atoms with E-state index < -0.39 is 0 Å². The Hall–Kier alpha value is -4.37. The van der Waals surface area contributed by atoms with E-state index in [1.807, 2.05) is 0 Å². The first kappa shape index (κ1) is 34.4. The van der Waals surface area contributed by atoms with Crippen LogP contribution in [0, 0.1) is 6.92 Å². The zero-order valence-electron chi connectivity index (χ0n) is 33.2. The van der Waals surface area contributed by atoms with Crippen molar-refractivity contribution in [2.45, 2.75) is 85.5 Å². The van der Waals surface area contributed by atoms with E-state index in [4.69, 9.17) is 0 Å². The zero-order valence-corrected chi connectivity index (χ0v) is 34.9. The molecule has 5 aromatic carbocycles. The maximum atomic E-state index is 2.65. The van der Waals surface area contributed by atoms with E-state index in [0.29, 0.717) is 0 Å². The summed E-state index contributed by atoms with van der Waals surface area (Å²) in [6.45, 7) is 23.6. The molecule has 2 aromatic heterocycles. The molecule has 0 unspecified atom stereocenters. The van der Waals surface area contributed by atoms with E-state index in [-0.39, 0.29) is 37.9 Å². The van der Waals surface area contributed by atoms with Crippen molar-refractivity contribution in [1.82, 2.24) is 4.57 Å². The van der Waals surface area contributed by atoms with Gasteiger partial charge in [0.25, 0.3) is 0 Å². The van der Waals surface area contributed by atoms with Gasteiger partial charge in [-0.15, -0.1) is 0 Å². The van der Waals surface area contributed by atoms with Crippen LogP contribution in [0.1, 0.15) is 84.6 Å². The van der Waals surface area contributed by atoms with Gasteiger partial charge in [0, 0.05) is 0 Å². The van der Waals surface area contributed by atoms with Crippen LogP contribution < -0.4 is 29.9 Å². The van der Waals surface area contributed by atoms with Gasteiger partial charge in [0.2, 0.25) is 0 Å². The van der Waals surface area contributed by atoms with Gasteiger partial charge < -0.3 is 0 Å². The SMILES string of the molecule is Cc1ccc(-c2cc3c4c(c2)-n2c5ccc(C(C)(C)C)cc5c5cc(C(C)(C)C)cc(c52)B4c2cc(C(C)(C)C)ccc2[Se]3)cc1-c1cccc[n+]1C. The Balaban J connectivity index is 1.40. The summed E-state index contributed by atoms with van der Waals surface area (Å²) >= 11 is 0.169. The third-order valence-corrected chi connectivity index (χ3v) is 14.3. The van der Waals surface area contributed by atoms with E-state index >= 15 is 0 Å². The summed E-state index contributed by atoms with van der Waals surface area (Å²) in [6.07, 6.45) is 2.14. The molecule has 4 heteroatoms. The van der Waals surface area contributed by atoms with Crippen LogP contribution in [-0.2, 0) is 23.3 Å². The Bertz CT molecular complexity index is 2670. The molecule has 0 fully saturated rings. The summed E-state index contributed by atoms with van der Waals surface area (Å²) in [5.74, 6) is 0. The summed E-state index contributed by atoms with van der Waals surface area (Å²) in [5, 5.41) is 2.74. The van der Waals surface area contributed by atoms with Gasteiger partial charge in [0.15, 0.2) is 0 Å². The number of nitrogens with zero attached hydrogens (tertiary/aromatic N) is 2. The number of benzene rings is 5. The van der Waals surface area contributed by atoms with Gasteiger partial charge in [-0.05, 0) is 0 Å². The Morgan fingerprint density at radius 2 is 1.28 bits per heavy atom. The number of hydrogen-bond acceptors (Lipinski definition) is 0. The quantitative estimate of drug-likeness (QED) is 0.125. The molecule has 53 heavy (non-hydrogen) atoms. The fourth-order valence-corrected chi connectivity index (χ4v) is 11.2. The first-order valence-electron chi connectivity index (χ1n) is 19.2. The predicted molar refractivity (Wildman–Crippen MR) is 230 cm³/mol. The Labute approximate surface area is 322 Å². The first-order chi connectivity index (χ1) is 25.0.